The highest BCUT2D eigenvalue weighted by Crippen LogP contribution is 2.29. The van der Waals surface area contributed by atoms with E-state index in [2.05, 4.69) is 46.6 Å². The molecule has 154 valence electrons. The topological polar surface area (TPSA) is 50.5 Å². The first kappa shape index (κ1) is 19.8. The first-order valence-electron chi connectivity index (χ1n) is 9.99. The second-order valence-corrected chi connectivity index (χ2v) is 9.13. The quantitative estimate of drug-likeness (QED) is 0.321. The number of thiazole rings is 1. The third-order valence-corrected chi connectivity index (χ3v) is 6.95. The van der Waals surface area contributed by atoms with Gasteiger partial charge in [0, 0.05) is 13.1 Å². The predicted molar refractivity (Wildman–Crippen MR) is 126 cm³/mol. The Bertz CT molecular complexity index is 1270. The number of para-hydroxylation sites is 1. The Balaban J connectivity index is 1.36. The van der Waals surface area contributed by atoms with Crippen LogP contribution in [0.25, 0.3) is 15.2 Å². The Morgan fingerprint density at radius 1 is 0.839 bits per heavy atom. The van der Waals surface area contributed by atoms with Gasteiger partial charge in [0.25, 0.3) is 0 Å². The zero-order valence-corrected chi connectivity index (χ0v) is 18.4. The maximum atomic E-state index is 13.2. The van der Waals surface area contributed by atoms with Crippen LogP contribution in [0.15, 0.2) is 90.1 Å². The van der Waals surface area contributed by atoms with Crippen molar-refractivity contribution >= 4 is 44.2 Å². The molecule has 0 saturated heterocycles. The van der Waals surface area contributed by atoms with Gasteiger partial charge in [-0.1, -0.05) is 95.9 Å². The molecule has 5 aromatic rings. The Hall–Kier alpha value is -3.16. The average molecular weight is 445 g/mol. The van der Waals surface area contributed by atoms with E-state index >= 15 is 0 Å². The highest BCUT2D eigenvalue weighted by Gasteiger charge is 2.18. The Morgan fingerprint density at radius 2 is 1.45 bits per heavy atom. The monoisotopic (exact) mass is 444 g/mol. The van der Waals surface area contributed by atoms with Crippen molar-refractivity contribution in [2.45, 2.75) is 18.2 Å². The molecule has 0 N–H and O–H groups in total. The van der Waals surface area contributed by atoms with Crippen LogP contribution in [0.3, 0.4) is 0 Å². The second kappa shape index (κ2) is 8.91. The van der Waals surface area contributed by atoms with Crippen LogP contribution < -0.4 is 0 Å². The van der Waals surface area contributed by atoms with Gasteiger partial charge in [0.1, 0.15) is 0 Å². The summed E-state index contributed by atoms with van der Waals surface area (Å²) in [5.74, 6) is 0.388. The summed E-state index contributed by atoms with van der Waals surface area (Å²) in [6.07, 6.45) is 0. The van der Waals surface area contributed by atoms with Crippen molar-refractivity contribution in [1.29, 1.82) is 0 Å². The number of thioether (sulfide) groups is 1. The van der Waals surface area contributed by atoms with Gasteiger partial charge < -0.3 is 4.90 Å². The van der Waals surface area contributed by atoms with Crippen LogP contribution in [-0.4, -0.2) is 31.2 Å². The molecule has 0 bridgehead atoms. The average Bonchev–Trinajstić information content (AvgIpc) is 3.38. The molecule has 0 saturated carbocycles. The van der Waals surface area contributed by atoms with Crippen molar-refractivity contribution in [1.82, 2.24) is 19.5 Å². The van der Waals surface area contributed by atoms with Crippen molar-refractivity contribution in [2.75, 3.05) is 5.75 Å². The van der Waals surface area contributed by atoms with Crippen LogP contribution in [0, 0.1) is 0 Å². The van der Waals surface area contributed by atoms with Crippen LogP contribution in [0.2, 0.25) is 0 Å². The summed E-state index contributed by atoms with van der Waals surface area (Å²) >= 11 is 3.05. The van der Waals surface area contributed by atoms with Gasteiger partial charge in [0.2, 0.25) is 10.9 Å². The van der Waals surface area contributed by atoms with Crippen molar-refractivity contribution in [3.8, 4) is 0 Å². The van der Waals surface area contributed by atoms with Crippen LogP contribution in [-0.2, 0) is 17.9 Å². The summed E-state index contributed by atoms with van der Waals surface area (Å²) in [6, 6.07) is 28.4. The van der Waals surface area contributed by atoms with E-state index in [9.17, 15) is 4.79 Å². The summed E-state index contributed by atoms with van der Waals surface area (Å²) in [5.41, 5.74) is 3.31. The number of carbonyl (C=O) groups excluding carboxylic acids is 1. The van der Waals surface area contributed by atoms with Gasteiger partial charge in [-0.15, -0.1) is 10.2 Å². The van der Waals surface area contributed by atoms with E-state index in [0.717, 1.165) is 31.5 Å². The molecule has 0 radical (unpaired) electrons. The van der Waals surface area contributed by atoms with Crippen LogP contribution >= 0.6 is 23.1 Å². The molecule has 2 aromatic heterocycles. The summed E-state index contributed by atoms with van der Waals surface area (Å²) in [7, 11) is 0. The zero-order chi connectivity index (χ0) is 21.0. The molecular formula is C24H20N4OS2. The first-order valence-corrected chi connectivity index (χ1v) is 11.8. The largest absolute Gasteiger partial charge is 0.333 e. The van der Waals surface area contributed by atoms with Gasteiger partial charge in [-0.3, -0.25) is 9.20 Å². The third kappa shape index (κ3) is 4.33. The minimum absolute atomic E-state index is 0.0778. The molecule has 5 rings (SSSR count). The Kier molecular flexibility index (Phi) is 5.69. The molecule has 31 heavy (non-hydrogen) atoms. The highest BCUT2D eigenvalue weighted by molar-refractivity contribution is 7.99. The highest BCUT2D eigenvalue weighted by atomic mass is 32.2. The number of amides is 1. The minimum atomic E-state index is 0.0778. The standard InChI is InChI=1S/C24H20N4OS2/c29-22(17-30-23-25-26-24-28(23)20-13-7-8-14-21(20)31-24)27(15-18-9-3-1-4-10-18)16-19-11-5-2-6-12-19/h1-14H,15-17H2. The molecular weight excluding hydrogens is 424 g/mol. The minimum Gasteiger partial charge on any atom is -0.333 e. The Morgan fingerprint density at radius 3 is 2.13 bits per heavy atom. The fraction of sp³-hybridized carbons (Fsp3) is 0.125. The number of carbonyl (C=O) groups is 1. The molecule has 7 heteroatoms. The lowest BCUT2D eigenvalue weighted by molar-refractivity contribution is -0.129. The van der Waals surface area contributed by atoms with Crippen molar-refractivity contribution < 1.29 is 4.79 Å². The van der Waals surface area contributed by atoms with Crippen molar-refractivity contribution in [3.05, 3.63) is 96.1 Å². The van der Waals surface area contributed by atoms with E-state index in [1.165, 1.54) is 11.8 Å². The molecule has 1 amide bonds. The smallest absolute Gasteiger partial charge is 0.233 e. The zero-order valence-electron chi connectivity index (χ0n) is 16.7. The molecule has 0 fully saturated rings. The number of nitrogens with zero attached hydrogens (tertiary/aromatic N) is 4. The fourth-order valence-electron chi connectivity index (χ4n) is 3.51. The summed E-state index contributed by atoms with van der Waals surface area (Å²) in [5, 5.41) is 9.37. The van der Waals surface area contributed by atoms with E-state index in [-0.39, 0.29) is 5.91 Å². The number of rotatable bonds is 7. The van der Waals surface area contributed by atoms with Gasteiger partial charge in [-0.25, -0.2) is 0 Å². The molecule has 3 aromatic carbocycles. The molecule has 0 unspecified atom stereocenters. The van der Waals surface area contributed by atoms with Gasteiger partial charge in [0.15, 0.2) is 5.16 Å². The number of fused-ring (bicyclic) bond motifs is 3. The predicted octanol–water partition coefficient (Wildman–Crippen LogP) is 5.27. The molecule has 5 nitrogen and oxygen atoms in total. The lowest BCUT2D eigenvalue weighted by atomic mass is 10.1. The SMILES string of the molecule is O=C(CSc1nnc2sc3ccccc3n12)N(Cc1ccccc1)Cc1ccccc1. The number of aromatic nitrogens is 3. The third-order valence-electron chi connectivity index (χ3n) is 5.02. The van der Waals surface area contributed by atoms with Gasteiger partial charge in [0.05, 0.1) is 16.0 Å². The van der Waals surface area contributed by atoms with E-state index < -0.39 is 0 Å². The first-order chi connectivity index (χ1) is 15.3. The van der Waals surface area contributed by atoms with Gasteiger partial charge in [-0.05, 0) is 23.3 Å². The van der Waals surface area contributed by atoms with Crippen LogP contribution in [0.1, 0.15) is 11.1 Å². The summed E-state index contributed by atoms with van der Waals surface area (Å²) in [6.45, 7) is 1.15. The number of hydrogen-bond acceptors (Lipinski definition) is 5. The van der Waals surface area contributed by atoms with Crippen LogP contribution in [0.4, 0.5) is 0 Å². The number of benzene rings is 3. The summed E-state index contributed by atoms with van der Waals surface area (Å²) < 4.78 is 3.20. The molecule has 0 spiro atoms. The van der Waals surface area contributed by atoms with Crippen molar-refractivity contribution in [2.24, 2.45) is 0 Å². The molecule has 0 aliphatic heterocycles. The summed E-state index contributed by atoms with van der Waals surface area (Å²) in [4.78, 5) is 16.0. The molecule has 0 aliphatic rings. The van der Waals surface area contributed by atoms with Gasteiger partial charge >= 0.3 is 0 Å². The fourth-order valence-corrected chi connectivity index (χ4v) is 5.38. The molecule has 0 atom stereocenters. The lowest BCUT2D eigenvalue weighted by Gasteiger charge is -2.23. The van der Waals surface area contributed by atoms with E-state index in [1.54, 1.807) is 11.3 Å². The van der Waals surface area contributed by atoms with Gasteiger partial charge in [-0.2, -0.15) is 0 Å². The Labute approximate surface area is 188 Å². The van der Waals surface area contributed by atoms with E-state index in [1.807, 2.05) is 57.8 Å². The van der Waals surface area contributed by atoms with Crippen molar-refractivity contribution in [3.63, 3.8) is 0 Å². The normalized spacial score (nSPS) is 11.2. The molecule has 0 aliphatic carbocycles. The lowest BCUT2D eigenvalue weighted by Crippen LogP contribution is -2.31. The maximum absolute atomic E-state index is 13.2. The maximum Gasteiger partial charge on any atom is 0.233 e. The number of hydrogen-bond donors (Lipinski definition) is 0. The van der Waals surface area contributed by atoms with E-state index in [0.29, 0.717) is 18.8 Å². The molecule has 2 heterocycles. The second-order valence-electron chi connectivity index (χ2n) is 7.18. The van der Waals surface area contributed by atoms with Crippen LogP contribution in [0.5, 0.6) is 0 Å². The van der Waals surface area contributed by atoms with E-state index in [4.69, 9.17) is 0 Å².